The summed E-state index contributed by atoms with van der Waals surface area (Å²) in [5.41, 5.74) is 17.0. The molecule has 0 amide bonds. The van der Waals surface area contributed by atoms with Crippen LogP contribution in [0.15, 0.2) is 162 Å². The van der Waals surface area contributed by atoms with Crippen molar-refractivity contribution < 1.29 is 4.42 Å². The number of furan rings is 1. The third-order valence-electron chi connectivity index (χ3n) is 9.08. The zero-order valence-corrected chi connectivity index (χ0v) is 24.1. The van der Waals surface area contributed by atoms with E-state index in [1.54, 1.807) is 0 Å². The van der Waals surface area contributed by atoms with Gasteiger partial charge < -0.3 is 4.42 Å². The van der Waals surface area contributed by atoms with Crippen LogP contribution in [0.25, 0.3) is 77.6 Å². The zero-order chi connectivity index (χ0) is 29.0. The summed E-state index contributed by atoms with van der Waals surface area (Å²) < 4.78 is 6.41. The van der Waals surface area contributed by atoms with E-state index in [0.717, 1.165) is 23.0 Å². The summed E-state index contributed by atoms with van der Waals surface area (Å²) in [6.45, 7) is 0. The second-order valence-electron chi connectivity index (χ2n) is 11.8. The van der Waals surface area contributed by atoms with Crippen LogP contribution in [0.2, 0.25) is 0 Å². The molecular formula is C43H28O. The highest BCUT2D eigenvalue weighted by molar-refractivity contribution is 6.08. The molecule has 0 unspecified atom stereocenters. The van der Waals surface area contributed by atoms with Crippen molar-refractivity contribution in [2.24, 2.45) is 0 Å². The first-order chi connectivity index (χ1) is 21.8. The highest BCUT2D eigenvalue weighted by Gasteiger charge is 2.22. The maximum atomic E-state index is 6.41. The first-order valence-electron chi connectivity index (χ1n) is 15.2. The van der Waals surface area contributed by atoms with Crippen LogP contribution in [0, 0.1) is 0 Å². The molecule has 1 heteroatoms. The molecule has 0 saturated heterocycles. The quantitative estimate of drug-likeness (QED) is 0.209. The van der Waals surface area contributed by atoms with Gasteiger partial charge in [0.25, 0.3) is 0 Å². The predicted molar refractivity (Wildman–Crippen MR) is 184 cm³/mol. The monoisotopic (exact) mass is 560 g/mol. The van der Waals surface area contributed by atoms with E-state index >= 15 is 0 Å². The van der Waals surface area contributed by atoms with Gasteiger partial charge in [-0.1, -0.05) is 115 Å². The number of fused-ring (bicyclic) bond motifs is 6. The van der Waals surface area contributed by atoms with Crippen molar-refractivity contribution in [3.05, 3.63) is 169 Å². The van der Waals surface area contributed by atoms with Crippen LogP contribution < -0.4 is 0 Å². The minimum absolute atomic E-state index is 0.929. The van der Waals surface area contributed by atoms with E-state index in [1.807, 2.05) is 0 Å². The molecule has 206 valence electrons. The van der Waals surface area contributed by atoms with Gasteiger partial charge in [-0.25, -0.2) is 0 Å². The number of rotatable bonds is 4. The summed E-state index contributed by atoms with van der Waals surface area (Å²) in [5, 5.41) is 2.33. The van der Waals surface area contributed by atoms with Gasteiger partial charge in [0.15, 0.2) is 0 Å². The third kappa shape index (κ3) is 4.17. The zero-order valence-electron chi connectivity index (χ0n) is 24.1. The molecule has 8 aromatic rings. The third-order valence-corrected chi connectivity index (χ3v) is 9.08. The summed E-state index contributed by atoms with van der Waals surface area (Å²) in [6, 6.07) is 57.0. The van der Waals surface area contributed by atoms with Gasteiger partial charge in [0.1, 0.15) is 11.2 Å². The molecule has 1 heterocycles. The van der Waals surface area contributed by atoms with E-state index in [1.165, 1.54) is 72.1 Å². The molecule has 0 spiro atoms. The topological polar surface area (TPSA) is 13.1 Å². The summed E-state index contributed by atoms with van der Waals surface area (Å²) in [7, 11) is 0. The van der Waals surface area contributed by atoms with E-state index in [4.69, 9.17) is 4.42 Å². The Kier molecular flexibility index (Phi) is 5.64. The maximum Gasteiger partial charge on any atom is 0.135 e. The Morgan fingerprint density at radius 2 is 0.818 bits per heavy atom. The molecule has 1 nitrogen and oxygen atoms in total. The second kappa shape index (κ2) is 9.97. The molecule has 0 atom stereocenters. The Labute approximate surface area is 256 Å². The molecule has 1 aliphatic carbocycles. The normalized spacial score (nSPS) is 12.0. The Morgan fingerprint density at radius 3 is 1.48 bits per heavy atom. The summed E-state index contributed by atoms with van der Waals surface area (Å²) in [5.74, 6) is 0. The molecule has 0 aliphatic heterocycles. The SMILES string of the molecule is c1ccc(-c2cccc(-c3ccc4c(c3)-c3cc5c(cc3C4)oc3ccc(-c4cccc(-c6ccccc6)c4)cc35)c2)cc1. The van der Waals surface area contributed by atoms with Crippen molar-refractivity contribution in [3.8, 4) is 55.6 Å². The fraction of sp³-hybridized carbons (Fsp3) is 0.0233. The van der Waals surface area contributed by atoms with E-state index in [-0.39, 0.29) is 0 Å². The Hall–Kier alpha value is -5.66. The van der Waals surface area contributed by atoms with Crippen molar-refractivity contribution in [1.29, 1.82) is 0 Å². The molecule has 44 heavy (non-hydrogen) atoms. The number of hydrogen-bond donors (Lipinski definition) is 0. The fourth-order valence-electron chi connectivity index (χ4n) is 6.83. The molecule has 0 fully saturated rings. The van der Waals surface area contributed by atoms with Crippen molar-refractivity contribution in [3.63, 3.8) is 0 Å². The smallest absolute Gasteiger partial charge is 0.135 e. The highest BCUT2D eigenvalue weighted by Crippen LogP contribution is 2.44. The minimum Gasteiger partial charge on any atom is -0.456 e. The molecule has 0 bridgehead atoms. The molecule has 9 rings (SSSR count). The van der Waals surface area contributed by atoms with Crippen LogP contribution in [-0.2, 0) is 6.42 Å². The van der Waals surface area contributed by atoms with Gasteiger partial charge in [-0.15, -0.1) is 0 Å². The van der Waals surface area contributed by atoms with Crippen molar-refractivity contribution in [1.82, 2.24) is 0 Å². The van der Waals surface area contributed by atoms with Gasteiger partial charge in [0.05, 0.1) is 0 Å². The molecule has 0 radical (unpaired) electrons. The number of hydrogen-bond acceptors (Lipinski definition) is 1. The van der Waals surface area contributed by atoms with Crippen LogP contribution in [0.3, 0.4) is 0 Å². The Balaban J connectivity index is 1.13. The average molecular weight is 561 g/mol. The Bertz CT molecular complexity index is 2340. The summed E-state index contributed by atoms with van der Waals surface area (Å²) >= 11 is 0. The lowest BCUT2D eigenvalue weighted by Crippen LogP contribution is -1.84. The van der Waals surface area contributed by atoms with Crippen LogP contribution in [0.4, 0.5) is 0 Å². The molecular weight excluding hydrogens is 532 g/mol. The number of benzene rings is 7. The lowest BCUT2D eigenvalue weighted by atomic mass is 9.95. The summed E-state index contributed by atoms with van der Waals surface area (Å²) in [6.07, 6.45) is 0.930. The van der Waals surface area contributed by atoms with Gasteiger partial charge >= 0.3 is 0 Å². The maximum absolute atomic E-state index is 6.41. The first kappa shape index (κ1) is 24.9. The van der Waals surface area contributed by atoms with Crippen molar-refractivity contribution >= 4 is 21.9 Å². The van der Waals surface area contributed by atoms with Crippen LogP contribution in [0.5, 0.6) is 0 Å². The molecule has 0 N–H and O–H groups in total. The van der Waals surface area contributed by atoms with Gasteiger partial charge in [0.2, 0.25) is 0 Å². The molecule has 0 saturated carbocycles. The van der Waals surface area contributed by atoms with Crippen LogP contribution in [0.1, 0.15) is 11.1 Å². The molecule has 1 aromatic heterocycles. The van der Waals surface area contributed by atoms with E-state index in [0.29, 0.717) is 0 Å². The van der Waals surface area contributed by atoms with Crippen LogP contribution in [-0.4, -0.2) is 0 Å². The van der Waals surface area contributed by atoms with E-state index in [9.17, 15) is 0 Å². The molecule has 1 aliphatic rings. The lowest BCUT2D eigenvalue weighted by molar-refractivity contribution is 0.668. The van der Waals surface area contributed by atoms with Crippen LogP contribution >= 0.6 is 0 Å². The average Bonchev–Trinajstić information content (AvgIpc) is 3.64. The standard InChI is InChI=1S/C43H28O/c1-3-9-28(10-4-1)30-13-7-15-32(21-30)34-17-18-36-23-37-26-43-41(27-39(37)38(36)24-34)40-25-35(19-20-42(40)44-43)33-16-8-14-31(22-33)29-11-5-2-6-12-29/h1-22,24-27H,23H2. The first-order valence-corrected chi connectivity index (χ1v) is 15.2. The second-order valence-corrected chi connectivity index (χ2v) is 11.8. The van der Waals surface area contributed by atoms with E-state index < -0.39 is 0 Å². The van der Waals surface area contributed by atoms with Gasteiger partial charge in [-0.2, -0.15) is 0 Å². The highest BCUT2D eigenvalue weighted by atomic mass is 16.3. The molecule has 7 aromatic carbocycles. The van der Waals surface area contributed by atoms with Crippen molar-refractivity contribution in [2.45, 2.75) is 6.42 Å². The Morgan fingerprint density at radius 1 is 0.318 bits per heavy atom. The van der Waals surface area contributed by atoms with E-state index in [2.05, 4.69) is 158 Å². The minimum atomic E-state index is 0.929. The summed E-state index contributed by atoms with van der Waals surface area (Å²) in [4.78, 5) is 0. The largest absolute Gasteiger partial charge is 0.456 e. The van der Waals surface area contributed by atoms with Gasteiger partial charge in [-0.05, 0) is 116 Å². The predicted octanol–water partition coefficient (Wildman–Crippen LogP) is 11.8. The van der Waals surface area contributed by atoms with Crippen molar-refractivity contribution in [2.75, 3.05) is 0 Å². The lowest BCUT2D eigenvalue weighted by Gasteiger charge is -2.09. The fourth-order valence-corrected chi connectivity index (χ4v) is 6.83. The van der Waals surface area contributed by atoms with Gasteiger partial charge in [-0.3, -0.25) is 0 Å². The van der Waals surface area contributed by atoms with Gasteiger partial charge in [0, 0.05) is 10.8 Å².